The number of aromatic amines is 2. The largest absolute Gasteiger partial charge is 0.342 e. The summed E-state index contributed by atoms with van der Waals surface area (Å²) in [6.45, 7) is -1.07. The molecular formula is C5H7N3O6. The lowest BCUT2D eigenvalue weighted by atomic mass is 10.5. The van der Waals surface area contributed by atoms with Crippen LogP contribution in [0.15, 0.2) is 14.4 Å². The van der Waals surface area contributed by atoms with E-state index in [0.29, 0.717) is 0 Å². The first kappa shape index (κ1) is 10.4. The highest BCUT2D eigenvalue weighted by Gasteiger charge is 2.21. The molecule has 14 heavy (non-hydrogen) atoms. The first-order valence-corrected chi connectivity index (χ1v) is 3.40. The van der Waals surface area contributed by atoms with Crippen LogP contribution < -0.4 is 17.1 Å². The van der Waals surface area contributed by atoms with Gasteiger partial charge >= 0.3 is 17.1 Å². The minimum atomic E-state index is -3.20. The van der Waals surface area contributed by atoms with Crippen LogP contribution in [0.3, 0.4) is 0 Å². The van der Waals surface area contributed by atoms with E-state index in [-0.39, 0.29) is 4.57 Å². The van der Waals surface area contributed by atoms with E-state index in [1.165, 1.54) is 0 Å². The molecule has 0 aliphatic rings. The van der Waals surface area contributed by atoms with Crippen molar-refractivity contribution in [2.24, 2.45) is 0 Å². The molecule has 0 saturated carbocycles. The first-order chi connectivity index (χ1) is 6.29. The minimum absolute atomic E-state index is 0.224. The zero-order valence-corrected chi connectivity index (χ0v) is 6.72. The lowest BCUT2D eigenvalue weighted by Crippen LogP contribution is -2.48. The van der Waals surface area contributed by atoms with Crippen molar-refractivity contribution < 1.29 is 15.3 Å². The maximum absolute atomic E-state index is 10.9. The van der Waals surface area contributed by atoms with E-state index < -0.39 is 29.6 Å². The molecule has 0 unspecified atom stereocenters. The van der Waals surface area contributed by atoms with Crippen molar-refractivity contribution in [1.29, 1.82) is 0 Å². The molecule has 9 heteroatoms. The number of nitrogens with one attached hydrogen (secondary N) is 2. The van der Waals surface area contributed by atoms with Gasteiger partial charge in [0.25, 0.3) is 5.97 Å². The van der Waals surface area contributed by atoms with Gasteiger partial charge in [-0.2, -0.15) is 0 Å². The molecule has 0 aromatic carbocycles. The summed E-state index contributed by atoms with van der Waals surface area (Å²) in [5.41, 5.74) is -3.32. The highest BCUT2D eigenvalue weighted by Crippen LogP contribution is 1.92. The van der Waals surface area contributed by atoms with Gasteiger partial charge in [-0.15, -0.1) is 0 Å². The third-order valence-electron chi connectivity index (χ3n) is 1.30. The van der Waals surface area contributed by atoms with Crippen molar-refractivity contribution in [2.75, 3.05) is 0 Å². The van der Waals surface area contributed by atoms with Crippen molar-refractivity contribution in [1.82, 2.24) is 14.5 Å². The maximum Gasteiger partial charge on any atom is 0.333 e. The predicted molar refractivity (Wildman–Crippen MR) is 41.3 cm³/mol. The molecule has 1 rings (SSSR count). The molecule has 1 aromatic rings. The first-order valence-electron chi connectivity index (χ1n) is 3.40. The molecule has 0 amide bonds. The van der Waals surface area contributed by atoms with E-state index in [1.54, 1.807) is 9.97 Å². The summed E-state index contributed by atoms with van der Waals surface area (Å²) in [6.07, 6.45) is 0. The van der Waals surface area contributed by atoms with Gasteiger partial charge in [0.05, 0.1) is 0 Å². The molecule has 1 aromatic heterocycles. The van der Waals surface area contributed by atoms with Crippen molar-refractivity contribution in [2.45, 2.75) is 12.5 Å². The Morgan fingerprint density at radius 3 is 1.86 bits per heavy atom. The molecule has 0 bridgehead atoms. The summed E-state index contributed by atoms with van der Waals surface area (Å²) < 4.78 is 0.224. The zero-order chi connectivity index (χ0) is 10.9. The second kappa shape index (κ2) is 3.21. The highest BCUT2D eigenvalue weighted by molar-refractivity contribution is 4.70. The average molecular weight is 205 g/mol. The highest BCUT2D eigenvalue weighted by atomic mass is 16.7. The maximum atomic E-state index is 10.9. The van der Waals surface area contributed by atoms with Crippen LogP contribution in [0.1, 0.15) is 0 Å². The van der Waals surface area contributed by atoms with E-state index in [9.17, 15) is 14.4 Å². The van der Waals surface area contributed by atoms with Crippen LogP contribution >= 0.6 is 0 Å². The van der Waals surface area contributed by atoms with Gasteiger partial charge in [0, 0.05) is 0 Å². The Morgan fingerprint density at radius 2 is 1.50 bits per heavy atom. The molecule has 0 saturated heterocycles. The van der Waals surface area contributed by atoms with E-state index in [4.69, 9.17) is 15.3 Å². The Balaban J connectivity index is 3.30. The van der Waals surface area contributed by atoms with Crippen LogP contribution in [0, 0.1) is 0 Å². The van der Waals surface area contributed by atoms with Gasteiger partial charge in [-0.3, -0.25) is 9.97 Å². The summed E-state index contributed by atoms with van der Waals surface area (Å²) in [5.74, 6) is -3.20. The summed E-state index contributed by atoms with van der Waals surface area (Å²) in [4.78, 5) is 35.6. The predicted octanol–water partition coefficient (Wildman–Crippen LogP) is -4.14. The number of aliphatic hydroxyl groups is 3. The van der Waals surface area contributed by atoms with Gasteiger partial charge in [0.1, 0.15) is 6.54 Å². The van der Waals surface area contributed by atoms with Crippen LogP contribution in [0.2, 0.25) is 0 Å². The van der Waals surface area contributed by atoms with Gasteiger partial charge in [0.2, 0.25) is 0 Å². The Kier molecular flexibility index (Phi) is 2.38. The topological polar surface area (TPSA) is 148 Å². The lowest BCUT2D eigenvalue weighted by Gasteiger charge is -2.13. The van der Waals surface area contributed by atoms with Gasteiger partial charge in [-0.05, 0) is 0 Å². The molecule has 78 valence electrons. The molecule has 1 heterocycles. The summed E-state index contributed by atoms with van der Waals surface area (Å²) in [6, 6.07) is 0. The Bertz CT molecular complexity index is 453. The number of aromatic nitrogens is 3. The fraction of sp³-hybridized carbons (Fsp3) is 0.400. The zero-order valence-electron chi connectivity index (χ0n) is 6.72. The molecule has 9 nitrogen and oxygen atoms in total. The minimum Gasteiger partial charge on any atom is -0.342 e. The van der Waals surface area contributed by atoms with Crippen molar-refractivity contribution >= 4 is 0 Å². The number of hydrogen-bond acceptors (Lipinski definition) is 6. The van der Waals surface area contributed by atoms with E-state index in [0.717, 1.165) is 0 Å². The lowest BCUT2D eigenvalue weighted by molar-refractivity contribution is -0.319. The molecule has 0 aliphatic carbocycles. The number of hydrogen-bond donors (Lipinski definition) is 5. The Labute approximate surface area is 74.9 Å². The van der Waals surface area contributed by atoms with Gasteiger partial charge in [-0.25, -0.2) is 19.0 Å². The van der Waals surface area contributed by atoms with E-state index in [1.807, 2.05) is 0 Å². The van der Waals surface area contributed by atoms with Crippen molar-refractivity contribution in [3.63, 3.8) is 0 Å². The molecule has 0 radical (unpaired) electrons. The third-order valence-corrected chi connectivity index (χ3v) is 1.30. The van der Waals surface area contributed by atoms with E-state index >= 15 is 0 Å². The second-order valence-electron chi connectivity index (χ2n) is 2.55. The summed E-state index contributed by atoms with van der Waals surface area (Å²) in [7, 11) is 0. The quantitative estimate of drug-likeness (QED) is 0.309. The number of H-pyrrole nitrogens is 2. The molecule has 0 spiro atoms. The third kappa shape index (κ3) is 2.39. The second-order valence-corrected chi connectivity index (χ2v) is 2.55. The fourth-order valence-electron chi connectivity index (χ4n) is 0.808. The van der Waals surface area contributed by atoms with Gasteiger partial charge in [0.15, 0.2) is 0 Å². The van der Waals surface area contributed by atoms with Gasteiger partial charge in [-0.1, -0.05) is 0 Å². The van der Waals surface area contributed by atoms with Crippen LogP contribution in [-0.4, -0.2) is 35.8 Å². The number of rotatable bonds is 2. The van der Waals surface area contributed by atoms with Gasteiger partial charge < -0.3 is 15.3 Å². The Hall–Kier alpha value is -1.71. The van der Waals surface area contributed by atoms with E-state index in [2.05, 4.69) is 0 Å². The standard InChI is InChI=1S/C5H7N3O6/c9-2-6-3(10)8(4(11)7-2)1-5(12,13)14/h12-14H,1H2,(H2,6,7,9,10,11). The molecule has 0 fully saturated rings. The number of nitrogens with zero attached hydrogens (tertiary/aromatic N) is 1. The Morgan fingerprint density at radius 1 is 1.07 bits per heavy atom. The summed E-state index contributed by atoms with van der Waals surface area (Å²) >= 11 is 0. The van der Waals surface area contributed by atoms with Crippen LogP contribution in [-0.2, 0) is 6.54 Å². The fourth-order valence-corrected chi connectivity index (χ4v) is 0.808. The molecule has 0 aliphatic heterocycles. The molecule has 5 N–H and O–H groups in total. The average Bonchev–Trinajstić information content (AvgIpc) is 1.95. The SMILES string of the molecule is O=c1[nH]c(=O)n(CC(O)(O)O)c(=O)[nH]1. The normalized spacial score (nSPS) is 11.6. The molecular weight excluding hydrogens is 198 g/mol. The smallest absolute Gasteiger partial charge is 0.333 e. The van der Waals surface area contributed by atoms with Crippen molar-refractivity contribution in [3.8, 4) is 0 Å². The summed E-state index contributed by atoms with van der Waals surface area (Å²) in [5, 5.41) is 25.5. The van der Waals surface area contributed by atoms with Crippen LogP contribution in [0.4, 0.5) is 0 Å². The van der Waals surface area contributed by atoms with Crippen LogP contribution in [0.25, 0.3) is 0 Å². The van der Waals surface area contributed by atoms with Crippen molar-refractivity contribution in [3.05, 3.63) is 31.5 Å². The monoisotopic (exact) mass is 205 g/mol. The van der Waals surface area contributed by atoms with Crippen LogP contribution in [0.5, 0.6) is 0 Å². The molecule has 0 atom stereocenters.